The molecule has 0 unspecified atom stereocenters. The number of carbonyl (C=O) groups is 2. The molecule has 6 heteroatoms. The molecule has 0 atom stereocenters. The molecule has 0 fully saturated rings. The standard InChI is InChI=1S/C28H20F2O4/c1-18(27(31)33-25-14-12-21(16-23(25)29)19-8-4-2-5-9-19)28(32)34-26-15-13-22(17-24(26)30)20-10-6-3-7-11-20/h2-18H,1H3. The van der Waals surface area contributed by atoms with Gasteiger partial charge >= 0.3 is 11.9 Å². The van der Waals surface area contributed by atoms with Gasteiger partial charge in [-0.25, -0.2) is 8.78 Å². The molecule has 34 heavy (non-hydrogen) atoms. The first-order chi connectivity index (χ1) is 16.4. The van der Waals surface area contributed by atoms with Crippen LogP contribution in [0.2, 0.25) is 0 Å². The van der Waals surface area contributed by atoms with Gasteiger partial charge in [0.15, 0.2) is 29.1 Å². The lowest BCUT2D eigenvalue weighted by molar-refractivity contribution is -0.150. The van der Waals surface area contributed by atoms with Crippen molar-refractivity contribution in [2.45, 2.75) is 6.92 Å². The van der Waals surface area contributed by atoms with Crippen molar-refractivity contribution in [2.24, 2.45) is 5.92 Å². The van der Waals surface area contributed by atoms with Gasteiger partial charge in [0.05, 0.1) is 0 Å². The Morgan fingerprint density at radius 1 is 0.588 bits per heavy atom. The summed E-state index contributed by atoms with van der Waals surface area (Å²) >= 11 is 0. The van der Waals surface area contributed by atoms with Gasteiger partial charge in [0.1, 0.15) is 0 Å². The molecule has 0 N–H and O–H groups in total. The van der Waals surface area contributed by atoms with E-state index in [2.05, 4.69) is 0 Å². The lowest BCUT2D eigenvalue weighted by Crippen LogP contribution is -2.29. The summed E-state index contributed by atoms with van der Waals surface area (Å²) in [6.45, 7) is 1.25. The number of carbonyl (C=O) groups excluding carboxylic acids is 2. The minimum atomic E-state index is -1.40. The predicted octanol–water partition coefficient (Wildman–Crippen LogP) is 6.45. The van der Waals surface area contributed by atoms with E-state index >= 15 is 0 Å². The highest BCUT2D eigenvalue weighted by molar-refractivity contribution is 5.96. The second-order valence-electron chi connectivity index (χ2n) is 7.59. The summed E-state index contributed by atoms with van der Waals surface area (Å²) in [7, 11) is 0. The number of hydrogen-bond acceptors (Lipinski definition) is 4. The van der Waals surface area contributed by atoms with Crippen LogP contribution in [0.3, 0.4) is 0 Å². The summed E-state index contributed by atoms with van der Waals surface area (Å²) in [5.41, 5.74) is 2.83. The van der Waals surface area contributed by atoms with Crippen LogP contribution in [0.4, 0.5) is 8.78 Å². The van der Waals surface area contributed by atoms with Crippen molar-refractivity contribution in [2.75, 3.05) is 0 Å². The van der Waals surface area contributed by atoms with Gasteiger partial charge in [-0.05, 0) is 53.4 Å². The number of ether oxygens (including phenoxy) is 2. The summed E-state index contributed by atoms with van der Waals surface area (Å²) in [4.78, 5) is 24.8. The zero-order valence-electron chi connectivity index (χ0n) is 18.2. The molecule has 0 saturated carbocycles. The Bertz CT molecular complexity index is 1220. The summed E-state index contributed by atoms with van der Waals surface area (Å²) in [5.74, 6) is -5.57. The van der Waals surface area contributed by atoms with Gasteiger partial charge in [0.2, 0.25) is 0 Å². The summed E-state index contributed by atoms with van der Waals surface area (Å²) < 4.78 is 39.1. The molecule has 0 spiro atoms. The smallest absolute Gasteiger partial charge is 0.325 e. The molecule has 0 saturated heterocycles. The molecule has 0 aliphatic carbocycles. The first-order valence-corrected chi connectivity index (χ1v) is 10.6. The number of rotatable bonds is 6. The molecule has 0 aromatic heterocycles. The van der Waals surface area contributed by atoms with E-state index in [4.69, 9.17) is 9.47 Å². The molecule has 0 bridgehead atoms. The molecule has 4 aromatic carbocycles. The number of hydrogen-bond donors (Lipinski definition) is 0. The van der Waals surface area contributed by atoms with Crippen LogP contribution in [0.5, 0.6) is 11.5 Å². The van der Waals surface area contributed by atoms with Crippen molar-refractivity contribution < 1.29 is 27.8 Å². The van der Waals surface area contributed by atoms with E-state index in [0.717, 1.165) is 11.1 Å². The Balaban J connectivity index is 1.41. The van der Waals surface area contributed by atoms with Gasteiger partial charge in [0.25, 0.3) is 0 Å². The molecule has 0 aliphatic heterocycles. The van der Waals surface area contributed by atoms with Crippen molar-refractivity contribution >= 4 is 11.9 Å². The van der Waals surface area contributed by atoms with Crippen LogP contribution < -0.4 is 9.47 Å². The van der Waals surface area contributed by atoms with Gasteiger partial charge < -0.3 is 9.47 Å². The molecule has 0 heterocycles. The molecule has 170 valence electrons. The Morgan fingerprint density at radius 2 is 0.971 bits per heavy atom. The van der Waals surface area contributed by atoms with Crippen molar-refractivity contribution in [3.63, 3.8) is 0 Å². The Hall–Kier alpha value is -4.32. The van der Waals surface area contributed by atoms with E-state index in [1.54, 1.807) is 12.1 Å². The minimum absolute atomic E-state index is 0.317. The van der Waals surface area contributed by atoms with Crippen LogP contribution >= 0.6 is 0 Å². The van der Waals surface area contributed by atoms with Crippen molar-refractivity contribution in [1.29, 1.82) is 0 Å². The molecule has 0 aliphatic rings. The molecule has 4 nitrogen and oxygen atoms in total. The van der Waals surface area contributed by atoms with Crippen molar-refractivity contribution in [3.8, 4) is 33.8 Å². The monoisotopic (exact) mass is 458 g/mol. The van der Waals surface area contributed by atoms with Gasteiger partial charge in [-0.1, -0.05) is 72.8 Å². The molecule has 0 radical (unpaired) electrons. The second-order valence-corrected chi connectivity index (χ2v) is 7.59. The largest absolute Gasteiger partial charge is 0.423 e. The van der Waals surface area contributed by atoms with E-state index in [1.165, 1.54) is 31.2 Å². The van der Waals surface area contributed by atoms with Gasteiger partial charge in [-0.15, -0.1) is 0 Å². The Labute approximate surface area is 195 Å². The number of benzene rings is 4. The second kappa shape index (κ2) is 10.1. The lowest BCUT2D eigenvalue weighted by Gasteiger charge is -2.13. The Kier molecular flexibility index (Phi) is 6.78. The summed E-state index contributed by atoms with van der Waals surface area (Å²) in [6.07, 6.45) is 0. The SMILES string of the molecule is CC(C(=O)Oc1ccc(-c2ccccc2)cc1F)C(=O)Oc1ccc(-c2ccccc2)cc1F. The highest BCUT2D eigenvalue weighted by atomic mass is 19.1. The maximum atomic E-state index is 14.5. The van der Waals surface area contributed by atoms with Gasteiger partial charge in [0, 0.05) is 0 Å². The third-order valence-electron chi connectivity index (χ3n) is 5.21. The quantitative estimate of drug-likeness (QED) is 0.189. The average Bonchev–Trinajstić information content (AvgIpc) is 2.87. The van der Waals surface area contributed by atoms with Crippen LogP contribution in [0.25, 0.3) is 22.3 Å². The fourth-order valence-corrected chi connectivity index (χ4v) is 3.28. The van der Waals surface area contributed by atoms with E-state index in [0.29, 0.717) is 11.1 Å². The fraction of sp³-hybridized carbons (Fsp3) is 0.0714. The summed E-state index contributed by atoms with van der Waals surface area (Å²) in [5, 5.41) is 0. The fourth-order valence-electron chi connectivity index (χ4n) is 3.28. The predicted molar refractivity (Wildman–Crippen MR) is 124 cm³/mol. The average molecular weight is 458 g/mol. The van der Waals surface area contributed by atoms with Crippen LogP contribution in [-0.2, 0) is 9.59 Å². The summed E-state index contributed by atoms with van der Waals surface area (Å²) in [6, 6.07) is 26.6. The first kappa shape index (κ1) is 22.9. The molecule has 4 aromatic rings. The number of esters is 2. The zero-order valence-corrected chi connectivity index (χ0v) is 18.2. The number of halogens is 2. The maximum absolute atomic E-state index is 14.5. The highest BCUT2D eigenvalue weighted by Crippen LogP contribution is 2.28. The minimum Gasteiger partial charge on any atom is -0.423 e. The van der Waals surface area contributed by atoms with Gasteiger partial charge in [-0.2, -0.15) is 0 Å². The van der Waals surface area contributed by atoms with Crippen LogP contribution in [0.1, 0.15) is 6.92 Å². The third kappa shape index (κ3) is 5.18. The molecule has 4 rings (SSSR count). The zero-order chi connectivity index (χ0) is 24.1. The van der Waals surface area contributed by atoms with Crippen LogP contribution in [0, 0.1) is 17.6 Å². The normalized spacial score (nSPS) is 10.7. The first-order valence-electron chi connectivity index (χ1n) is 10.6. The third-order valence-corrected chi connectivity index (χ3v) is 5.21. The van der Waals surface area contributed by atoms with E-state index in [1.807, 2.05) is 60.7 Å². The topological polar surface area (TPSA) is 52.6 Å². The lowest BCUT2D eigenvalue weighted by atomic mass is 10.1. The molecular formula is C28H20F2O4. The van der Waals surface area contributed by atoms with E-state index in [-0.39, 0.29) is 11.5 Å². The molecular weight excluding hydrogens is 438 g/mol. The molecule has 0 amide bonds. The van der Waals surface area contributed by atoms with Crippen molar-refractivity contribution in [1.82, 2.24) is 0 Å². The Morgan fingerprint density at radius 3 is 1.32 bits per heavy atom. The van der Waals surface area contributed by atoms with Crippen molar-refractivity contribution in [3.05, 3.63) is 109 Å². The van der Waals surface area contributed by atoms with Gasteiger partial charge in [-0.3, -0.25) is 9.59 Å². The van der Waals surface area contributed by atoms with E-state index in [9.17, 15) is 18.4 Å². The van der Waals surface area contributed by atoms with Crippen LogP contribution in [0.15, 0.2) is 97.1 Å². The maximum Gasteiger partial charge on any atom is 0.325 e. The van der Waals surface area contributed by atoms with E-state index < -0.39 is 29.5 Å². The highest BCUT2D eigenvalue weighted by Gasteiger charge is 2.27. The van der Waals surface area contributed by atoms with Crippen LogP contribution in [-0.4, -0.2) is 11.9 Å².